The Labute approximate surface area is 104 Å². The molecule has 90 valence electrons. The number of unbranched alkanes of at least 4 members (excludes halogenated alkanes) is 1. The molecule has 1 aromatic rings. The Morgan fingerprint density at radius 2 is 2.12 bits per heavy atom. The molecule has 0 fully saturated rings. The van der Waals surface area contributed by atoms with Crippen molar-refractivity contribution in [2.75, 3.05) is 0 Å². The maximum Gasteiger partial charge on any atom is 0.00866 e. The van der Waals surface area contributed by atoms with Gasteiger partial charge < -0.3 is 5.73 Å². The number of aryl methyl sites for hydroxylation is 1. The minimum Gasteiger partial charge on any atom is -0.327 e. The fourth-order valence-corrected chi connectivity index (χ4v) is 2.77. The standard InChI is InChI=1S/C16H21N/c1-2-3-4-9-16(17)15-11-10-13-7-5-6-8-14(13)12-15/h1,5-8,15-16H,3-4,9-12,17H2. The van der Waals surface area contributed by atoms with Crippen LogP contribution in [0.5, 0.6) is 0 Å². The molecule has 0 spiro atoms. The van der Waals surface area contributed by atoms with Gasteiger partial charge in [0.2, 0.25) is 0 Å². The molecule has 2 N–H and O–H groups in total. The van der Waals surface area contributed by atoms with Gasteiger partial charge in [-0.05, 0) is 49.1 Å². The molecular weight excluding hydrogens is 206 g/mol. The third-order valence-corrected chi connectivity index (χ3v) is 3.85. The van der Waals surface area contributed by atoms with Crippen LogP contribution in [0.1, 0.15) is 36.8 Å². The average molecular weight is 227 g/mol. The van der Waals surface area contributed by atoms with E-state index >= 15 is 0 Å². The van der Waals surface area contributed by atoms with Crippen LogP contribution in [-0.4, -0.2) is 6.04 Å². The first-order valence-electron chi connectivity index (χ1n) is 6.57. The molecule has 1 aliphatic carbocycles. The van der Waals surface area contributed by atoms with Crippen molar-refractivity contribution in [2.24, 2.45) is 11.7 Å². The second-order valence-electron chi connectivity index (χ2n) is 5.03. The number of terminal acetylenes is 1. The van der Waals surface area contributed by atoms with Gasteiger partial charge in [0.05, 0.1) is 0 Å². The van der Waals surface area contributed by atoms with Crippen molar-refractivity contribution in [1.29, 1.82) is 0 Å². The monoisotopic (exact) mass is 227 g/mol. The van der Waals surface area contributed by atoms with Crippen molar-refractivity contribution in [2.45, 2.75) is 44.6 Å². The lowest BCUT2D eigenvalue weighted by Gasteiger charge is -2.29. The highest BCUT2D eigenvalue weighted by Gasteiger charge is 2.23. The molecular formula is C16H21N. The summed E-state index contributed by atoms with van der Waals surface area (Å²) in [5, 5.41) is 0. The second-order valence-corrected chi connectivity index (χ2v) is 5.03. The molecule has 17 heavy (non-hydrogen) atoms. The lowest BCUT2D eigenvalue weighted by molar-refractivity contribution is 0.355. The first-order valence-corrected chi connectivity index (χ1v) is 6.57. The molecule has 0 saturated heterocycles. The lowest BCUT2D eigenvalue weighted by Crippen LogP contribution is -2.34. The van der Waals surface area contributed by atoms with E-state index in [4.69, 9.17) is 12.2 Å². The number of hydrogen-bond donors (Lipinski definition) is 1. The summed E-state index contributed by atoms with van der Waals surface area (Å²) in [6.45, 7) is 0. The van der Waals surface area contributed by atoms with Crippen LogP contribution in [0.4, 0.5) is 0 Å². The van der Waals surface area contributed by atoms with E-state index in [9.17, 15) is 0 Å². The van der Waals surface area contributed by atoms with E-state index in [1.807, 2.05) is 0 Å². The maximum absolute atomic E-state index is 6.28. The Kier molecular flexibility index (Phi) is 4.23. The van der Waals surface area contributed by atoms with Gasteiger partial charge in [0.25, 0.3) is 0 Å². The number of benzene rings is 1. The Hall–Kier alpha value is -1.26. The summed E-state index contributed by atoms with van der Waals surface area (Å²) in [6, 6.07) is 9.07. The zero-order chi connectivity index (χ0) is 12.1. The molecule has 1 aliphatic rings. The molecule has 2 rings (SSSR count). The zero-order valence-corrected chi connectivity index (χ0v) is 10.4. The topological polar surface area (TPSA) is 26.0 Å². The highest BCUT2D eigenvalue weighted by molar-refractivity contribution is 5.29. The van der Waals surface area contributed by atoms with E-state index in [1.54, 1.807) is 0 Å². The summed E-state index contributed by atoms with van der Waals surface area (Å²) in [4.78, 5) is 0. The largest absolute Gasteiger partial charge is 0.327 e. The van der Waals surface area contributed by atoms with Gasteiger partial charge in [0.1, 0.15) is 0 Å². The van der Waals surface area contributed by atoms with E-state index in [0.29, 0.717) is 12.0 Å². The van der Waals surface area contributed by atoms with E-state index in [-0.39, 0.29) is 0 Å². The predicted molar refractivity (Wildman–Crippen MR) is 72.6 cm³/mol. The van der Waals surface area contributed by atoms with Crippen molar-refractivity contribution in [1.82, 2.24) is 0 Å². The minimum absolute atomic E-state index is 0.316. The number of hydrogen-bond acceptors (Lipinski definition) is 1. The zero-order valence-electron chi connectivity index (χ0n) is 10.4. The van der Waals surface area contributed by atoms with Crippen molar-refractivity contribution < 1.29 is 0 Å². The SMILES string of the molecule is C#CCCCC(N)C1CCc2ccccc2C1. The average Bonchev–Trinajstić information content (AvgIpc) is 2.38. The van der Waals surface area contributed by atoms with Gasteiger partial charge in [-0.25, -0.2) is 0 Å². The summed E-state index contributed by atoms with van der Waals surface area (Å²) in [6.07, 6.45) is 11.8. The number of nitrogens with two attached hydrogens (primary N) is 1. The Bertz CT molecular complexity index is 402. The summed E-state index contributed by atoms with van der Waals surface area (Å²) < 4.78 is 0. The van der Waals surface area contributed by atoms with Gasteiger partial charge in [-0.1, -0.05) is 24.3 Å². The first kappa shape index (κ1) is 12.2. The fourth-order valence-electron chi connectivity index (χ4n) is 2.77. The predicted octanol–water partition coefficient (Wildman–Crippen LogP) is 2.92. The summed E-state index contributed by atoms with van der Waals surface area (Å²) in [5.41, 5.74) is 9.29. The van der Waals surface area contributed by atoms with Crippen LogP contribution in [0.15, 0.2) is 24.3 Å². The van der Waals surface area contributed by atoms with Gasteiger partial charge in [0, 0.05) is 12.5 Å². The molecule has 1 nitrogen and oxygen atoms in total. The minimum atomic E-state index is 0.316. The highest BCUT2D eigenvalue weighted by atomic mass is 14.6. The summed E-state index contributed by atoms with van der Waals surface area (Å²) in [7, 11) is 0. The van der Waals surface area contributed by atoms with Crippen LogP contribution < -0.4 is 5.73 Å². The fraction of sp³-hybridized carbons (Fsp3) is 0.500. The molecule has 0 saturated carbocycles. The Morgan fingerprint density at radius 1 is 1.35 bits per heavy atom. The smallest absolute Gasteiger partial charge is 0.00866 e. The molecule has 0 radical (unpaired) electrons. The molecule has 0 aromatic heterocycles. The van der Waals surface area contributed by atoms with Gasteiger partial charge in [-0.2, -0.15) is 0 Å². The Balaban J connectivity index is 1.91. The van der Waals surface area contributed by atoms with Crippen LogP contribution in [0.2, 0.25) is 0 Å². The third-order valence-electron chi connectivity index (χ3n) is 3.85. The van der Waals surface area contributed by atoms with E-state index < -0.39 is 0 Å². The molecule has 1 heteroatoms. The normalized spacial score (nSPS) is 20.4. The molecule has 0 heterocycles. The van der Waals surface area contributed by atoms with Gasteiger partial charge in [-0.3, -0.25) is 0 Å². The molecule has 0 bridgehead atoms. The van der Waals surface area contributed by atoms with E-state index in [0.717, 1.165) is 25.7 Å². The van der Waals surface area contributed by atoms with Crippen LogP contribution in [0.25, 0.3) is 0 Å². The van der Waals surface area contributed by atoms with Crippen molar-refractivity contribution in [3.63, 3.8) is 0 Å². The quantitative estimate of drug-likeness (QED) is 0.621. The highest BCUT2D eigenvalue weighted by Crippen LogP contribution is 2.28. The molecule has 0 aliphatic heterocycles. The van der Waals surface area contributed by atoms with Crippen molar-refractivity contribution in [3.8, 4) is 12.3 Å². The Morgan fingerprint density at radius 3 is 2.88 bits per heavy atom. The number of fused-ring (bicyclic) bond motifs is 1. The van der Waals surface area contributed by atoms with Crippen LogP contribution >= 0.6 is 0 Å². The van der Waals surface area contributed by atoms with Crippen molar-refractivity contribution >= 4 is 0 Å². The summed E-state index contributed by atoms with van der Waals surface area (Å²) >= 11 is 0. The third kappa shape index (κ3) is 3.11. The number of rotatable bonds is 4. The second kappa shape index (κ2) is 5.89. The van der Waals surface area contributed by atoms with Crippen molar-refractivity contribution in [3.05, 3.63) is 35.4 Å². The van der Waals surface area contributed by atoms with E-state index in [1.165, 1.54) is 24.0 Å². The maximum atomic E-state index is 6.28. The molecule has 1 aromatic carbocycles. The molecule has 2 atom stereocenters. The molecule has 2 unspecified atom stereocenters. The van der Waals surface area contributed by atoms with Crippen LogP contribution in [0, 0.1) is 18.3 Å². The first-order chi connectivity index (χ1) is 8.31. The van der Waals surface area contributed by atoms with E-state index in [2.05, 4.69) is 30.2 Å². The molecule has 0 amide bonds. The lowest BCUT2D eigenvalue weighted by atomic mass is 9.79. The van der Waals surface area contributed by atoms with Gasteiger partial charge >= 0.3 is 0 Å². The van der Waals surface area contributed by atoms with Gasteiger partial charge in [0.15, 0.2) is 0 Å². The van der Waals surface area contributed by atoms with Gasteiger partial charge in [-0.15, -0.1) is 12.3 Å². The van der Waals surface area contributed by atoms with Crippen LogP contribution in [0.3, 0.4) is 0 Å². The summed E-state index contributed by atoms with van der Waals surface area (Å²) in [5.74, 6) is 3.33. The van der Waals surface area contributed by atoms with Crippen LogP contribution in [-0.2, 0) is 12.8 Å².